The third-order valence-electron chi connectivity index (χ3n) is 8.53. The van der Waals surface area contributed by atoms with Crippen LogP contribution in [0.25, 0.3) is 77.0 Å². The Bertz CT molecular complexity index is 2220. The fourth-order valence-corrected chi connectivity index (χ4v) is 6.47. The Morgan fingerprint density at radius 3 is 1.49 bits per heavy atom. The molecule has 1 aromatic heterocycles. The van der Waals surface area contributed by atoms with Gasteiger partial charge in [-0.25, -0.2) is 0 Å². The standard InChI is InChI=1S/C42H29N/c1-28-10-9-17-40(43-28)31-22-18-29(19-23-31)33-24-20-30-21-25-34(27-35(30)26-33)42-38-15-7-5-13-36(38)41(32-11-3-2-4-12-32)37-14-6-8-16-39(37)42/h2-27H,1H3. The second kappa shape index (κ2) is 10.4. The molecule has 202 valence electrons. The van der Waals surface area contributed by atoms with Crippen molar-refractivity contribution in [3.8, 4) is 44.6 Å². The van der Waals surface area contributed by atoms with Crippen molar-refractivity contribution in [2.45, 2.75) is 6.92 Å². The highest BCUT2D eigenvalue weighted by molar-refractivity contribution is 6.21. The molecule has 7 aromatic carbocycles. The van der Waals surface area contributed by atoms with Gasteiger partial charge in [-0.15, -0.1) is 0 Å². The van der Waals surface area contributed by atoms with E-state index in [1.54, 1.807) is 0 Å². The van der Waals surface area contributed by atoms with Gasteiger partial charge in [0.15, 0.2) is 0 Å². The highest BCUT2D eigenvalue weighted by Crippen LogP contribution is 2.44. The van der Waals surface area contributed by atoms with Gasteiger partial charge in [-0.05, 0) is 96.9 Å². The largest absolute Gasteiger partial charge is 0.253 e. The minimum Gasteiger partial charge on any atom is -0.253 e. The summed E-state index contributed by atoms with van der Waals surface area (Å²) in [6.07, 6.45) is 0. The Morgan fingerprint density at radius 1 is 0.349 bits per heavy atom. The Morgan fingerprint density at radius 2 is 0.860 bits per heavy atom. The number of rotatable bonds is 4. The van der Waals surface area contributed by atoms with Crippen LogP contribution in [-0.2, 0) is 0 Å². The van der Waals surface area contributed by atoms with Crippen LogP contribution in [0, 0.1) is 6.92 Å². The van der Waals surface area contributed by atoms with E-state index in [0.29, 0.717) is 0 Å². The zero-order valence-corrected chi connectivity index (χ0v) is 24.0. The van der Waals surface area contributed by atoms with Crippen molar-refractivity contribution in [2.24, 2.45) is 0 Å². The summed E-state index contributed by atoms with van der Waals surface area (Å²) in [7, 11) is 0. The molecule has 43 heavy (non-hydrogen) atoms. The number of fused-ring (bicyclic) bond motifs is 3. The highest BCUT2D eigenvalue weighted by Gasteiger charge is 2.16. The summed E-state index contributed by atoms with van der Waals surface area (Å²) in [5.41, 5.74) is 10.6. The van der Waals surface area contributed by atoms with E-state index in [9.17, 15) is 0 Å². The van der Waals surface area contributed by atoms with Gasteiger partial charge in [0, 0.05) is 11.3 Å². The van der Waals surface area contributed by atoms with Crippen molar-refractivity contribution in [1.82, 2.24) is 4.98 Å². The van der Waals surface area contributed by atoms with Gasteiger partial charge in [-0.1, -0.05) is 133 Å². The van der Waals surface area contributed by atoms with Crippen molar-refractivity contribution in [3.63, 3.8) is 0 Å². The van der Waals surface area contributed by atoms with Gasteiger partial charge >= 0.3 is 0 Å². The summed E-state index contributed by atoms with van der Waals surface area (Å²) in [5.74, 6) is 0. The number of aryl methyl sites for hydroxylation is 1. The molecule has 0 atom stereocenters. The monoisotopic (exact) mass is 547 g/mol. The predicted molar refractivity (Wildman–Crippen MR) is 183 cm³/mol. The van der Waals surface area contributed by atoms with Crippen molar-refractivity contribution >= 4 is 32.3 Å². The number of aromatic nitrogens is 1. The summed E-state index contributed by atoms with van der Waals surface area (Å²) in [6, 6.07) is 57.1. The average Bonchev–Trinajstić information content (AvgIpc) is 3.07. The summed E-state index contributed by atoms with van der Waals surface area (Å²) in [5, 5.41) is 7.58. The van der Waals surface area contributed by atoms with Crippen LogP contribution in [0.3, 0.4) is 0 Å². The quantitative estimate of drug-likeness (QED) is 0.200. The Balaban J connectivity index is 1.28. The average molecular weight is 548 g/mol. The van der Waals surface area contributed by atoms with Gasteiger partial charge in [0.1, 0.15) is 0 Å². The maximum absolute atomic E-state index is 4.69. The van der Waals surface area contributed by atoms with E-state index in [1.165, 1.54) is 65.7 Å². The first-order valence-corrected chi connectivity index (χ1v) is 14.8. The molecular formula is C42H29N. The second-order valence-corrected chi connectivity index (χ2v) is 11.2. The third-order valence-corrected chi connectivity index (χ3v) is 8.53. The predicted octanol–water partition coefficient (Wildman–Crippen LogP) is 11.5. The van der Waals surface area contributed by atoms with Gasteiger partial charge in [-0.3, -0.25) is 4.98 Å². The molecule has 0 aliphatic rings. The smallest absolute Gasteiger partial charge is 0.0705 e. The second-order valence-electron chi connectivity index (χ2n) is 11.2. The Kier molecular flexibility index (Phi) is 6.09. The molecule has 0 saturated heterocycles. The molecule has 0 N–H and O–H groups in total. The summed E-state index contributed by atoms with van der Waals surface area (Å²) in [4.78, 5) is 4.69. The molecule has 0 aliphatic heterocycles. The minimum absolute atomic E-state index is 1.01. The molecule has 1 nitrogen and oxygen atoms in total. The minimum atomic E-state index is 1.01. The molecule has 0 radical (unpaired) electrons. The molecule has 8 rings (SSSR count). The topological polar surface area (TPSA) is 12.9 Å². The molecule has 1 heteroatoms. The van der Waals surface area contributed by atoms with Gasteiger partial charge in [0.25, 0.3) is 0 Å². The molecule has 0 fully saturated rings. The fraction of sp³-hybridized carbons (Fsp3) is 0.0238. The summed E-state index contributed by atoms with van der Waals surface area (Å²) < 4.78 is 0. The summed E-state index contributed by atoms with van der Waals surface area (Å²) in [6.45, 7) is 2.03. The zero-order valence-electron chi connectivity index (χ0n) is 24.0. The normalized spacial score (nSPS) is 11.4. The first kappa shape index (κ1) is 25.2. The third kappa shape index (κ3) is 4.47. The van der Waals surface area contributed by atoms with Crippen LogP contribution < -0.4 is 0 Å². The number of nitrogens with zero attached hydrogens (tertiary/aromatic N) is 1. The maximum atomic E-state index is 4.69. The zero-order chi connectivity index (χ0) is 28.8. The van der Waals surface area contributed by atoms with Crippen LogP contribution in [0.1, 0.15) is 5.69 Å². The van der Waals surface area contributed by atoms with E-state index < -0.39 is 0 Å². The molecule has 0 unspecified atom stereocenters. The summed E-state index contributed by atoms with van der Waals surface area (Å²) >= 11 is 0. The lowest BCUT2D eigenvalue weighted by molar-refractivity contribution is 1.21. The van der Waals surface area contributed by atoms with E-state index in [2.05, 4.69) is 152 Å². The first-order valence-electron chi connectivity index (χ1n) is 14.8. The van der Waals surface area contributed by atoms with Crippen LogP contribution in [0.2, 0.25) is 0 Å². The molecule has 1 heterocycles. The van der Waals surface area contributed by atoms with E-state index in [0.717, 1.165) is 17.0 Å². The van der Waals surface area contributed by atoms with E-state index in [4.69, 9.17) is 4.98 Å². The lowest BCUT2D eigenvalue weighted by Crippen LogP contribution is -1.91. The van der Waals surface area contributed by atoms with Gasteiger partial charge in [-0.2, -0.15) is 0 Å². The molecule has 0 spiro atoms. The van der Waals surface area contributed by atoms with E-state index in [1.807, 2.05) is 13.0 Å². The molecule has 0 saturated carbocycles. The Labute approximate surface area is 251 Å². The number of benzene rings is 7. The number of hydrogen-bond donors (Lipinski definition) is 0. The van der Waals surface area contributed by atoms with Crippen LogP contribution >= 0.6 is 0 Å². The molecular weight excluding hydrogens is 518 g/mol. The number of pyridine rings is 1. The highest BCUT2D eigenvalue weighted by atomic mass is 14.7. The fourth-order valence-electron chi connectivity index (χ4n) is 6.47. The molecule has 0 amide bonds. The van der Waals surface area contributed by atoms with Crippen LogP contribution in [-0.4, -0.2) is 4.98 Å². The molecule has 0 aliphatic carbocycles. The van der Waals surface area contributed by atoms with Gasteiger partial charge in [0.05, 0.1) is 5.69 Å². The van der Waals surface area contributed by atoms with Crippen molar-refractivity contribution in [3.05, 3.63) is 163 Å². The maximum Gasteiger partial charge on any atom is 0.0705 e. The number of hydrogen-bond acceptors (Lipinski definition) is 1. The van der Waals surface area contributed by atoms with Gasteiger partial charge < -0.3 is 0 Å². The van der Waals surface area contributed by atoms with E-state index >= 15 is 0 Å². The lowest BCUT2D eigenvalue weighted by atomic mass is 9.85. The van der Waals surface area contributed by atoms with Crippen molar-refractivity contribution < 1.29 is 0 Å². The van der Waals surface area contributed by atoms with Gasteiger partial charge in [0.2, 0.25) is 0 Å². The Hall–Kier alpha value is -5.53. The van der Waals surface area contributed by atoms with E-state index in [-0.39, 0.29) is 0 Å². The van der Waals surface area contributed by atoms with Crippen molar-refractivity contribution in [1.29, 1.82) is 0 Å². The first-order chi connectivity index (χ1) is 21.2. The van der Waals surface area contributed by atoms with Crippen LogP contribution in [0.15, 0.2) is 158 Å². The molecule has 8 aromatic rings. The lowest BCUT2D eigenvalue weighted by Gasteiger charge is -2.18. The SMILES string of the molecule is Cc1cccc(-c2ccc(-c3ccc4ccc(-c5c6ccccc6c(-c6ccccc6)c6ccccc56)cc4c3)cc2)n1. The van der Waals surface area contributed by atoms with Crippen LogP contribution in [0.5, 0.6) is 0 Å². The van der Waals surface area contributed by atoms with Crippen LogP contribution in [0.4, 0.5) is 0 Å². The van der Waals surface area contributed by atoms with Crippen molar-refractivity contribution in [2.75, 3.05) is 0 Å². The molecule has 0 bridgehead atoms.